The lowest BCUT2D eigenvalue weighted by molar-refractivity contribution is -0.407. The van der Waals surface area contributed by atoms with Crippen molar-refractivity contribution in [2.75, 3.05) is 0 Å². The lowest BCUT2D eigenvalue weighted by Gasteiger charge is -2.33. The summed E-state index contributed by atoms with van der Waals surface area (Å²) in [7, 11) is 0. The summed E-state index contributed by atoms with van der Waals surface area (Å²) in [6, 6.07) is -0.110. The van der Waals surface area contributed by atoms with Crippen molar-refractivity contribution in [2.24, 2.45) is 21.9 Å². The van der Waals surface area contributed by atoms with Gasteiger partial charge in [0.2, 0.25) is 0 Å². The van der Waals surface area contributed by atoms with Gasteiger partial charge in [-0.15, -0.1) is 0 Å². The Labute approximate surface area is 89.1 Å². The lowest BCUT2D eigenvalue weighted by Crippen LogP contribution is -2.65. The van der Waals surface area contributed by atoms with Gasteiger partial charge in [0.25, 0.3) is 0 Å². The molecule has 2 rings (SSSR count). The minimum absolute atomic E-state index is 0.0305. The predicted molar refractivity (Wildman–Crippen MR) is 56.8 cm³/mol. The summed E-state index contributed by atoms with van der Waals surface area (Å²) in [5.41, 5.74) is 14.9. The van der Waals surface area contributed by atoms with E-state index in [9.17, 15) is 4.79 Å². The Kier molecular flexibility index (Phi) is 2.05. The molecule has 7 N–H and O–H groups in total. The molecule has 0 spiro atoms. The molecule has 5 nitrogen and oxygen atoms in total. The summed E-state index contributed by atoms with van der Waals surface area (Å²) in [5, 5.41) is 0. The Morgan fingerprint density at radius 1 is 1.53 bits per heavy atom. The normalized spacial score (nSPS) is 38.5. The van der Waals surface area contributed by atoms with Crippen LogP contribution in [0.3, 0.4) is 0 Å². The average molecular weight is 211 g/mol. The zero-order valence-electron chi connectivity index (χ0n) is 9.12. The van der Waals surface area contributed by atoms with E-state index in [1.165, 1.54) is 0 Å². The van der Waals surface area contributed by atoms with Crippen LogP contribution in [0.2, 0.25) is 0 Å². The van der Waals surface area contributed by atoms with Crippen LogP contribution in [0, 0.1) is 5.41 Å². The molecule has 0 bridgehead atoms. The number of nitrogens with zero attached hydrogens (tertiary/aromatic N) is 1. The molecule has 2 saturated carbocycles. The highest BCUT2D eigenvalue weighted by Crippen LogP contribution is 2.75. The van der Waals surface area contributed by atoms with Crippen LogP contribution in [0.4, 0.5) is 0 Å². The highest BCUT2D eigenvalue weighted by Gasteiger charge is 2.75. The van der Waals surface area contributed by atoms with Crippen molar-refractivity contribution < 1.29 is 10.5 Å². The van der Waals surface area contributed by atoms with E-state index >= 15 is 0 Å². The quantitative estimate of drug-likeness (QED) is 0.400. The van der Waals surface area contributed by atoms with Crippen LogP contribution in [0.25, 0.3) is 0 Å². The molecule has 3 unspecified atom stereocenters. The van der Waals surface area contributed by atoms with Gasteiger partial charge in [0.15, 0.2) is 11.7 Å². The molecule has 2 aliphatic rings. The number of rotatable bonds is 4. The number of quaternary nitrogens is 1. The van der Waals surface area contributed by atoms with Crippen LogP contribution in [-0.4, -0.2) is 23.3 Å². The monoisotopic (exact) mass is 211 g/mol. The number of aliphatic imine (C=N–C) groups is 1. The van der Waals surface area contributed by atoms with Gasteiger partial charge in [-0.3, -0.25) is 4.79 Å². The first-order valence-corrected chi connectivity index (χ1v) is 5.35. The average Bonchev–Trinajstić information content (AvgIpc) is 2.51. The molecule has 0 aliphatic heterocycles. The third-order valence-electron chi connectivity index (χ3n) is 4.07. The zero-order valence-corrected chi connectivity index (χ0v) is 9.12. The number of nitrogens with two attached hydrogens (primary N) is 2. The van der Waals surface area contributed by atoms with E-state index in [1.54, 1.807) is 6.92 Å². The molecule has 0 heterocycles. The Bertz CT molecular complexity index is 336. The van der Waals surface area contributed by atoms with Crippen molar-refractivity contribution in [3.63, 3.8) is 0 Å². The van der Waals surface area contributed by atoms with Crippen molar-refractivity contribution in [1.29, 1.82) is 0 Å². The third kappa shape index (κ3) is 1.42. The Hall–Kier alpha value is -1.10. The molecular weight excluding hydrogens is 192 g/mol. The number of ketones is 1. The number of Topliss-reactive ketones (excluding diaryl/α,β-unsaturated/α-hetero) is 1. The minimum Gasteiger partial charge on any atom is -0.370 e. The number of guanidine groups is 1. The molecule has 0 aromatic carbocycles. The van der Waals surface area contributed by atoms with Crippen molar-refractivity contribution >= 4 is 11.7 Å². The SMILES string of the molecule is CC(=O)C([NH3+])CC12CCC1(N=C(N)N)C2. The molecule has 5 heteroatoms. The van der Waals surface area contributed by atoms with E-state index in [1.807, 2.05) is 0 Å². The van der Waals surface area contributed by atoms with Gasteiger partial charge in [-0.25, -0.2) is 4.99 Å². The molecule has 0 radical (unpaired) electrons. The van der Waals surface area contributed by atoms with Gasteiger partial charge < -0.3 is 17.2 Å². The number of hydrogen-bond acceptors (Lipinski definition) is 2. The molecule has 0 saturated heterocycles. The van der Waals surface area contributed by atoms with Crippen LogP contribution < -0.4 is 17.2 Å². The van der Waals surface area contributed by atoms with Gasteiger partial charge in [0.05, 0.1) is 5.54 Å². The first-order chi connectivity index (χ1) is 6.91. The van der Waals surface area contributed by atoms with Gasteiger partial charge >= 0.3 is 0 Å². The Morgan fingerprint density at radius 3 is 2.60 bits per heavy atom. The lowest BCUT2D eigenvalue weighted by atomic mass is 9.75. The third-order valence-corrected chi connectivity index (χ3v) is 4.07. The maximum absolute atomic E-state index is 11.2. The fourth-order valence-corrected chi connectivity index (χ4v) is 2.90. The zero-order chi connectivity index (χ0) is 11.3. The van der Waals surface area contributed by atoms with E-state index < -0.39 is 0 Å². The van der Waals surface area contributed by atoms with Crippen LogP contribution >= 0.6 is 0 Å². The van der Waals surface area contributed by atoms with E-state index in [-0.39, 0.29) is 28.7 Å². The largest absolute Gasteiger partial charge is 0.370 e. The van der Waals surface area contributed by atoms with Crippen molar-refractivity contribution in [3.8, 4) is 0 Å². The second kappa shape index (κ2) is 2.95. The number of carbonyl (C=O) groups is 1. The van der Waals surface area contributed by atoms with E-state index in [4.69, 9.17) is 11.5 Å². The van der Waals surface area contributed by atoms with Crippen LogP contribution in [-0.2, 0) is 4.79 Å². The second-order valence-corrected chi connectivity index (χ2v) is 5.04. The topological polar surface area (TPSA) is 109 Å². The van der Waals surface area contributed by atoms with E-state index in [0.717, 1.165) is 25.7 Å². The second-order valence-electron chi connectivity index (χ2n) is 5.04. The highest BCUT2D eigenvalue weighted by molar-refractivity contribution is 5.80. The smallest absolute Gasteiger partial charge is 0.186 e. The van der Waals surface area contributed by atoms with Crippen LogP contribution in [0.1, 0.15) is 32.6 Å². The summed E-state index contributed by atoms with van der Waals surface area (Å²) in [6.45, 7) is 1.59. The summed E-state index contributed by atoms with van der Waals surface area (Å²) in [6.07, 6.45) is 4.04. The molecule has 0 aromatic rings. The molecule has 84 valence electrons. The number of carbonyl (C=O) groups excluding carboxylic acids is 1. The maximum atomic E-state index is 11.2. The minimum atomic E-state index is -0.110. The number of hydrogen-bond donors (Lipinski definition) is 3. The molecular formula is C10H19N4O+. The molecule has 3 atom stereocenters. The van der Waals surface area contributed by atoms with Crippen molar-refractivity contribution in [3.05, 3.63) is 0 Å². The van der Waals surface area contributed by atoms with Crippen molar-refractivity contribution in [1.82, 2.24) is 0 Å². The van der Waals surface area contributed by atoms with E-state index in [0.29, 0.717) is 0 Å². The number of fused-ring (bicyclic) bond motifs is 1. The summed E-state index contributed by atoms with van der Waals surface area (Å²) < 4.78 is 0. The van der Waals surface area contributed by atoms with Gasteiger partial charge in [-0.1, -0.05) is 0 Å². The standard InChI is InChI=1S/C10H18N4O/c1-6(15)7(11)4-9-2-3-10(9,5-9)14-8(12)13/h7H,2-5,11H2,1H3,(H4,12,13,14)/p+1. The van der Waals surface area contributed by atoms with Crippen molar-refractivity contribution in [2.45, 2.75) is 44.2 Å². The maximum Gasteiger partial charge on any atom is 0.186 e. The fraction of sp³-hybridized carbons (Fsp3) is 0.800. The van der Waals surface area contributed by atoms with Gasteiger partial charge in [-0.05, 0) is 19.3 Å². The Morgan fingerprint density at radius 2 is 2.20 bits per heavy atom. The summed E-state index contributed by atoms with van der Waals surface area (Å²) in [5.74, 6) is 0.321. The van der Waals surface area contributed by atoms with Gasteiger partial charge in [-0.2, -0.15) is 0 Å². The van der Waals surface area contributed by atoms with Crippen LogP contribution in [0.15, 0.2) is 4.99 Å². The van der Waals surface area contributed by atoms with Gasteiger partial charge in [0.1, 0.15) is 6.04 Å². The van der Waals surface area contributed by atoms with E-state index in [2.05, 4.69) is 10.7 Å². The summed E-state index contributed by atoms with van der Waals surface area (Å²) in [4.78, 5) is 15.5. The molecule has 0 amide bonds. The van der Waals surface area contributed by atoms with Crippen LogP contribution in [0.5, 0.6) is 0 Å². The fourth-order valence-electron chi connectivity index (χ4n) is 2.90. The first-order valence-electron chi connectivity index (χ1n) is 5.35. The Balaban J connectivity index is 2.02. The first kappa shape index (κ1) is 10.4. The predicted octanol–water partition coefficient (Wildman–Crippen LogP) is -1.23. The molecule has 2 aliphatic carbocycles. The molecule has 15 heavy (non-hydrogen) atoms. The molecule has 2 fully saturated rings. The van der Waals surface area contributed by atoms with Gasteiger partial charge in [0, 0.05) is 18.8 Å². The molecule has 0 aromatic heterocycles. The summed E-state index contributed by atoms with van der Waals surface area (Å²) >= 11 is 0. The highest BCUT2D eigenvalue weighted by atomic mass is 16.1.